The Morgan fingerprint density at radius 2 is 1.79 bits per heavy atom. The first kappa shape index (κ1) is 27.6. The molecule has 0 aliphatic carbocycles. The third-order valence-corrected chi connectivity index (χ3v) is 6.33. The molecule has 0 fully saturated rings. The Morgan fingerprint density at radius 3 is 2.44 bits per heavy atom. The van der Waals surface area contributed by atoms with Gasteiger partial charge in [-0.2, -0.15) is 13.2 Å². The molecule has 1 amide bonds. The summed E-state index contributed by atoms with van der Waals surface area (Å²) < 4.78 is 52.8. The number of carboxylic acids is 1. The molecule has 3 aromatic carbocycles. The van der Waals surface area contributed by atoms with Gasteiger partial charge in [0, 0.05) is 18.2 Å². The lowest BCUT2D eigenvalue weighted by molar-refractivity contribution is -0.137. The largest absolute Gasteiger partial charge is 0.508 e. The van der Waals surface area contributed by atoms with E-state index in [-0.39, 0.29) is 23.8 Å². The van der Waals surface area contributed by atoms with Crippen LogP contribution < -0.4 is 19.7 Å². The van der Waals surface area contributed by atoms with E-state index in [2.05, 4.69) is 10.2 Å². The number of halogens is 3. The SMILES string of the molecule is Cc1cc(OC[C@@H]2CN(C)c3ccccc3O2)cc(C)c1C(=O)Nc1cc(CC(=O)O)c(O)cc1C(F)(F)F. The highest BCUT2D eigenvalue weighted by Gasteiger charge is 2.35. The van der Waals surface area contributed by atoms with E-state index in [0.717, 1.165) is 17.5 Å². The van der Waals surface area contributed by atoms with Crippen molar-refractivity contribution < 1.29 is 42.4 Å². The molecule has 1 aliphatic heterocycles. The summed E-state index contributed by atoms with van der Waals surface area (Å²) in [5.74, 6) is -1.77. The number of fused-ring (bicyclic) bond motifs is 1. The number of carbonyl (C=O) groups is 2. The first-order valence-electron chi connectivity index (χ1n) is 12.0. The van der Waals surface area contributed by atoms with Crippen LogP contribution in [0.15, 0.2) is 48.5 Å². The Kier molecular flexibility index (Phi) is 7.62. The van der Waals surface area contributed by atoms with Gasteiger partial charge < -0.3 is 29.9 Å². The standard InChI is InChI=1S/C28H27F3N2O6/c1-15-8-18(38-14-19-13-33(3)22-6-4-5-7-24(22)39-19)9-16(2)26(15)27(37)32-21-10-17(11-25(35)36)23(34)12-20(21)28(29,30)31/h4-10,12,19,34H,11,13-14H2,1-3H3,(H,32,37)(H,35,36)/t19-/m0/s1. The van der Waals surface area contributed by atoms with Crippen molar-refractivity contribution in [3.05, 3.63) is 76.3 Å². The number of carboxylic acid groups (broad SMARTS) is 1. The summed E-state index contributed by atoms with van der Waals surface area (Å²) in [5.41, 5.74) is -0.156. The number of aliphatic carboxylic acids is 1. The summed E-state index contributed by atoms with van der Waals surface area (Å²) in [6.07, 6.45) is -5.87. The summed E-state index contributed by atoms with van der Waals surface area (Å²) in [7, 11) is 1.96. The number of phenols is 1. The number of carbonyl (C=O) groups excluding carboxylic acids is 1. The van der Waals surface area contributed by atoms with Gasteiger partial charge in [-0.3, -0.25) is 9.59 Å². The fourth-order valence-corrected chi connectivity index (χ4v) is 4.59. The summed E-state index contributed by atoms with van der Waals surface area (Å²) in [6, 6.07) is 12.1. The Labute approximate surface area is 222 Å². The smallest absolute Gasteiger partial charge is 0.418 e. The Bertz CT molecular complexity index is 1400. The first-order chi connectivity index (χ1) is 18.3. The van der Waals surface area contributed by atoms with E-state index in [4.69, 9.17) is 14.6 Å². The molecular weight excluding hydrogens is 517 g/mol. The molecule has 3 N–H and O–H groups in total. The molecule has 1 atom stereocenters. The van der Waals surface area contributed by atoms with Crippen molar-refractivity contribution in [1.29, 1.82) is 0 Å². The van der Waals surface area contributed by atoms with E-state index in [1.54, 1.807) is 26.0 Å². The number of aryl methyl sites for hydroxylation is 2. The second-order valence-electron chi connectivity index (χ2n) is 9.38. The minimum Gasteiger partial charge on any atom is -0.508 e. The van der Waals surface area contributed by atoms with Gasteiger partial charge in [-0.25, -0.2) is 0 Å². The summed E-state index contributed by atoms with van der Waals surface area (Å²) in [4.78, 5) is 26.2. The number of alkyl halides is 3. The molecule has 8 nitrogen and oxygen atoms in total. The summed E-state index contributed by atoms with van der Waals surface area (Å²) in [6.45, 7) is 4.10. The van der Waals surface area contributed by atoms with Crippen molar-refractivity contribution in [3.8, 4) is 17.2 Å². The number of hydrogen-bond acceptors (Lipinski definition) is 6. The summed E-state index contributed by atoms with van der Waals surface area (Å²) >= 11 is 0. The lowest BCUT2D eigenvalue weighted by Crippen LogP contribution is -2.41. The number of para-hydroxylation sites is 2. The zero-order valence-corrected chi connectivity index (χ0v) is 21.4. The fraction of sp³-hybridized carbons (Fsp3) is 0.286. The van der Waals surface area contributed by atoms with Crippen LogP contribution in [0, 0.1) is 13.8 Å². The molecule has 4 rings (SSSR count). The van der Waals surface area contributed by atoms with Gasteiger partial charge in [-0.15, -0.1) is 0 Å². The van der Waals surface area contributed by atoms with Gasteiger partial charge in [0.05, 0.1) is 29.9 Å². The highest BCUT2D eigenvalue weighted by molar-refractivity contribution is 6.07. The van der Waals surface area contributed by atoms with Crippen LogP contribution in [0.5, 0.6) is 17.2 Å². The van der Waals surface area contributed by atoms with E-state index in [1.807, 2.05) is 31.3 Å². The second kappa shape index (κ2) is 10.8. The maximum Gasteiger partial charge on any atom is 0.418 e. The number of hydrogen-bond donors (Lipinski definition) is 3. The van der Waals surface area contributed by atoms with Crippen LogP contribution >= 0.6 is 0 Å². The number of likely N-dealkylation sites (N-methyl/N-ethyl adjacent to an activating group) is 1. The number of anilines is 2. The second-order valence-corrected chi connectivity index (χ2v) is 9.38. The highest BCUT2D eigenvalue weighted by atomic mass is 19.4. The molecule has 0 saturated heterocycles. The fourth-order valence-electron chi connectivity index (χ4n) is 4.59. The Morgan fingerprint density at radius 1 is 1.13 bits per heavy atom. The first-order valence-corrected chi connectivity index (χ1v) is 12.0. The van der Waals surface area contributed by atoms with E-state index in [9.17, 15) is 27.9 Å². The number of amides is 1. The predicted molar refractivity (Wildman–Crippen MR) is 138 cm³/mol. The lowest BCUT2D eigenvalue weighted by Gasteiger charge is -2.33. The van der Waals surface area contributed by atoms with Crippen molar-refractivity contribution in [1.82, 2.24) is 0 Å². The van der Waals surface area contributed by atoms with Crippen LogP contribution in [0.1, 0.15) is 32.6 Å². The van der Waals surface area contributed by atoms with Gasteiger partial charge in [-0.1, -0.05) is 12.1 Å². The van der Waals surface area contributed by atoms with Gasteiger partial charge in [0.25, 0.3) is 5.91 Å². The number of phenolic OH excluding ortho intramolecular Hbond substituents is 1. The third-order valence-electron chi connectivity index (χ3n) is 6.33. The van der Waals surface area contributed by atoms with Gasteiger partial charge in [0.15, 0.2) is 0 Å². The van der Waals surface area contributed by atoms with E-state index in [0.29, 0.717) is 29.5 Å². The zero-order chi connectivity index (χ0) is 28.5. The van der Waals surface area contributed by atoms with E-state index >= 15 is 0 Å². The topological polar surface area (TPSA) is 108 Å². The van der Waals surface area contributed by atoms with Gasteiger partial charge in [0.2, 0.25) is 0 Å². The minimum absolute atomic E-state index is 0.144. The molecule has 1 aliphatic rings. The van der Waals surface area contributed by atoms with Crippen LogP contribution in [0.4, 0.5) is 24.5 Å². The quantitative estimate of drug-likeness (QED) is 0.352. The molecule has 0 radical (unpaired) electrons. The highest BCUT2D eigenvalue weighted by Crippen LogP contribution is 2.39. The molecule has 11 heteroatoms. The van der Waals surface area contributed by atoms with Gasteiger partial charge in [0.1, 0.15) is 30.0 Å². The van der Waals surface area contributed by atoms with Crippen molar-refractivity contribution in [3.63, 3.8) is 0 Å². The van der Waals surface area contributed by atoms with Crippen molar-refractivity contribution in [2.24, 2.45) is 0 Å². The Hall–Kier alpha value is -4.41. The van der Waals surface area contributed by atoms with E-state index < -0.39 is 41.5 Å². The van der Waals surface area contributed by atoms with Crippen molar-refractivity contribution in [2.45, 2.75) is 32.5 Å². The molecule has 206 valence electrons. The lowest BCUT2D eigenvalue weighted by atomic mass is 10.0. The molecule has 0 unspecified atom stereocenters. The van der Waals surface area contributed by atoms with E-state index in [1.165, 1.54) is 0 Å². The van der Waals surface area contributed by atoms with Gasteiger partial charge >= 0.3 is 12.1 Å². The number of benzene rings is 3. The van der Waals surface area contributed by atoms with Crippen molar-refractivity contribution >= 4 is 23.3 Å². The number of rotatable bonds is 7. The Balaban J connectivity index is 1.52. The average Bonchev–Trinajstić information content (AvgIpc) is 2.83. The normalized spacial score (nSPS) is 14.8. The van der Waals surface area contributed by atoms with Crippen LogP contribution in [0.2, 0.25) is 0 Å². The zero-order valence-electron chi connectivity index (χ0n) is 21.4. The number of nitrogens with zero attached hydrogens (tertiary/aromatic N) is 1. The van der Waals surface area contributed by atoms with Crippen LogP contribution in [-0.2, 0) is 17.4 Å². The van der Waals surface area contributed by atoms with Gasteiger partial charge in [-0.05, 0) is 61.4 Å². The molecular formula is C28H27F3N2O6. The molecule has 39 heavy (non-hydrogen) atoms. The van der Waals surface area contributed by atoms with Crippen molar-refractivity contribution in [2.75, 3.05) is 30.4 Å². The van der Waals surface area contributed by atoms with Crippen LogP contribution in [0.3, 0.4) is 0 Å². The average molecular weight is 545 g/mol. The summed E-state index contributed by atoms with van der Waals surface area (Å²) in [5, 5.41) is 21.2. The molecule has 0 bridgehead atoms. The van der Waals surface area contributed by atoms with Crippen LogP contribution in [-0.4, -0.2) is 48.4 Å². The van der Waals surface area contributed by atoms with Crippen LogP contribution in [0.25, 0.3) is 0 Å². The molecule has 0 spiro atoms. The maximum absolute atomic E-state index is 13.6. The monoisotopic (exact) mass is 544 g/mol. The number of ether oxygens (including phenoxy) is 2. The minimum atomic E-state index is -4.90. The molecule has 1 heterocycles. The number of nitrogens with one attached hydrogen (secondary N) is 1. The predicted octanol–water partition coefficient (Wildman–Crippen LogP) is 5.18. The number of aromatic hydroxyl groups is 1. The maximum atomic E-state index is 13.6. The third kappa shape index (κ3) is 6.19. The molecule has 0 aromatic heterocycles. The molecule has 3 aromatic rings. The molecule has 0 saturated carbocycles.